The molecular weight excluding hydrogens is 346 g/mol. The van der Waals surface area contributed by atoms with Crippen molar-refractivity contribution in [1.82, 2.24) is 10.1 Å². The van der Waals surface area contributed by atoms with Crippen LogP contribution in [-0.2, 0) is 0 Å². The minimum absolute atomic E-state index is 0.238. The predicted octanol–water partition coefficient (Wildman–Crippen LogP) is 4.26. The van der Waals surface area contributed by atoms with Crippen molar-refractivity contribution >= 4 is 11.6 Å². The van der Waals surface area contributed by atoms with Gasteiger partial charge in [-0.15, -0.1) is 0 Å². The van der Waals surface area contributed by atoms with Gasteiger partial charge in [-0.1, -0.05) is 17.3 Å². The summed E-state index contributed by atoms with van der Waals surface area (Å²) in [6.45, 7) is 0. The molecule has 0 atom stereocenters. The van der Waals surface area contributed by atoms with Gasteiger partial charge in [0.25, 0.3) is 11.8 Å². The lowest BCUT2D eigenvalue weighted by Crippen LogP contribution is -2.10. The van der Waals surface area contributed by atoms with Crippen LogP contribution in [0.15, 0.2) is 75.9 Å². The zero-order valence-corrected chi connectivity index (χ0v) is 14.4. The Morgan fingerprint density at radius 2 is 1.89 bits per heavy atom. The summed E-state index contributed by atoms with van der Waals surface area (Å²) in [7, 11) is 1.61. The molecule has 4 rings (SSSR count). The van der Waals surface area contributed by atoms with Gasteiger partial charge in [-0.05, 0) is 48.5 Å². The van der Waals surface area contributed by atoms with E-state index in [1.165, 1.54) is 6.26 Å². The number of hydrogen-bond donors (Lipinski definition) is 1. The minimum atomic E-state index is -0.329. The van der Waals surface area contributed by atoms with Crippen LogP contribution in [0.5, 0.6) is 5.75 Å². The van der Waals surface area contributed by atoms with Gasteiger partial charge in [0.05, 0.1) is 13.4 Å². The van der Waals surface area contributed by atoms with E-state index < -0.39 is 0 Å². The molecule has 0 saturated heterocycles. The van der Waals surface area contributed by atoms with Gasteiger partial charge in [0, 0.05) is 16.8 Å². The smallest absolute Gasteiger partial charge is 0.291 e. The molecule has 7 heteroatoms. The molecule has 0 unspecified atom stereocenters. The van der Waals surface area contributed by atoms with Crippen LogP contribution in [0.1, 0.15) is 10.6 Å². The first-order valence-corrected chi connectivity index (χ1v) is 8.16. The van der Waals surface area contributed by atoms with Crippen molar-refractivity contribution in [2.24, 2.45) is 0 Å². The van der Waals surface area contributed by atoms with E-state index in [0.29, 0.717) is 17.4 Å². The molecule has 0 bridgehead atoms. The molecular formula is C20H15N3O4. The first-order valence-electron chi connectivity index (χ1n) is 8.16. The number of nitrogens with one attached hydrogen (secondary N) is 1. The van der Waals surface area contributed by atoms with Crippen LogP contribution in [0.25, 0.3) is 22.8 Å². The van der Waals surface area contributed by atoms with Crippen molar-refractivity contribution in [3.63, 3.8) is 0 Å². The van der Waals surface area contributed by atoms with E-state index in [4.69, 9.17) is 13.7 Å². The number of ether oxygens (including phenoxy) is 1. The average Bonchev–Trinajstić information content (AvgIpc) is 3.40. The van der Waals surface area contributed by atoms with Gasteiger partial charge in [0.1, 0.15) is 5.75 Å². The van der Waals surface area contributed by atoms with Crippen molar-refractivity contribution < 1.29 is 18.5 Å². The van der Waals surface area contributed by atoms with Gasteiger partial charge in [-0.2, -0.15) is 4.98 Å². The molecule has 1 N–H and O–H groups in total. The second-order valence-electron chi connectivity index (χ2n) is 5.66. The summed E-state index contributed by atoms with van der Waals surface area (Å²) in [5.74, 6) is 1.48. The number of anilines is 1. The Hall–Kier alpha value is -3.87. The first kappa shape index (κ1) is 16.6. The fourth-order valence-corrected chi connectivity index (χ4v) is 2.53. The third-order valence-corrected chi connectivity index (χ3v) is 3.89. The number of carbonyl (C=O) groups excluding carboxylic acids is 1. The largest absolute Gasteiger partial charge is 0.497 e. The molecule has 0 saturated carbocycles. The molecule has 134 valence electrons. The van der Waals surface area contributed by atoms with E-state index in [1.807, 2.05) is 30.3 Å². The van der Waals surface area contributed by atoms with Crippen LogP contribution in [-0.4, -0.2) is 23.2 Å². The zero-order chi connectivity index (χ0) is 18.6. The topological polar surface area (TPSA) is 90.4 Å². The van der Waals surface area contributed by atoms with Crippen LogP contribution in [0.3, 0.4) is 0 Å². The van der Waals surface area contributed by atoms with Crippen molar-refractivity contribution in [1.29, 1.82) is 0 Å². The van der Waals surface area contributed by atoms with Gasteiger partial charge in [-0.25, -0.2) is 0 Å². The number of hydrogen-bond acceptors (Lipinski definition) is 6. The van der Waals surface area contributed by atoms with E-state index in [2.05, 4.69) is 15.5 Å². The second kappa shape index (κ2) is 7.17. The van der Waals surface area contributed by atoms with Crippen LogP contribution in [0.2, 0.25) is 0 Å². The number of furan rings is 1. The highest BCUT2D eigenvalue weighted by Gasteiger charge is 2.13. The van der Waals surface area contributed by atoms with Crippen molar-refractivity contribution in [2.75, 3.05) is 12.4 Å². The number of nitrogens with zero attached hydrogens (tertiary/aromatic N) is 2. The van der Waals surface area contributed by atoms with E-state index >= 15 is 0 Å². The Morgan fingerprint density at radius 1 is 1.04 bits per heavy atom. The maximum absolute atomic E-state index is 12.1. The van der Waals surface area contributed by atoms with Crippen molar-refractivity contribution in [3.05, 3.63) is 72.7 Å². The monoisotopic (exact) mass is 361 g/mol. The SMILES string of the molecule is COc1ccc(-c2nc(-c3cccc(NC(=O)c4ccco4)c3)no2)cc1. The number of benzene rings is 2. The summed E-state index contributed by atoms with van der Waals surface area (Å²) in [6, 6.07) is 17.8. The van der Waals surface area contributed by atoms with E-state index in [9.17, 15) is 4.79 Å². The first-order chi connectivity index (χ1) is 13.2. The molecule has 0 radical (unpaired) electrons. The summed E-state index contributed by atoms with van der Waals surface area (Å²) >= 11 is 0. The van der Waals surface area contributed by atoms with Crippen molar-refractivity contribution in [3.8, 4) is 28.6 Å². The Balaban J connectivity index is 1.55. The van der Waals surface area contributed by atoms with E-state index in [0.717, 1.165) is 16.9 Å². The molecule has 2 heterocycles. The minimum Gasteiger partial charge on any atom is -0.497 e. The lowest BCUT2D eigenvalue weighted by Gasteiger charge is -2.04. The molecule has 4 aromatic rings. The van der Waals surface area contributed by atoms with Gasteiger partial charge in [0.2, 0.25) is 5.82 Å². The third kappa shape index (κ3) is 3.57. The van der Waals surface area contributed by atoms with E-state index in [1.54, 1.807) is 37.4 Å². The molecule has 0 fully saturated rings. The standard InChI is InChI=1S/C20H15N3O4/c1-25-16-9-7-13(8-10-16)20-22-18(23-27-20)14-4-2-5-15(12-14)21-19(24)17-6-3-11-26-17/h2-12H,1H3,(H,21,24). The zero-order valence-electron chi connectivity index (χ0n) is 14.4. The Morgan fingerprint density at radius 3 is 2.63 bits per heavy atom. The molecule has 0 aliphatic carbocycles. The average molecular weight is 361 g/mol. The second-order valence-corrected chi connectivity index (χ2v) is 5.66. The van der Waals surface area contributed by atoms with E-state index in [-0.39, 0.29) is 11.7 Å². The summed E-state index contributed by atoms with van der Waals surface area (Å²) < 4.78 is 15.6. The predicted molar refractivity (Wildman–Crippen MR) is 98.4 cm³/mol. The summed E-state index contributed by atoms with van der Waals surface area (Å²) in [6.07, 6.45) is 1.45. The number of aromatic nitrogens is 2. The number of amides is 1. The quantitative estimate of drug-likeness (QED) is 0.571. The van der Waals surface area contributed by atoms with Crippen LogP contribution in [0, 0.1) is 0 Å². The number of carbonyl (C=O) groups is 1. The molecule has 27 heavy (non-hydrogen) atoms. The maximum Gasteiger partial charge on any atom is 0.291 e. The highest BCUT2D eigenvalue weighted by molar-refractivity contribution is 6.02. The van der Waals surface area contributed by atoms with Crippen molar-refractivity contribution in [2.45, 2.75) is 0 Å². The Labute approximate surface area is 154 Å². The molecule has 0 aliphatic rings. The third-order valence-electron chi connectivity index (χ3n) is 3.89. The summed E-state index contributed by atoms with van der Waals surface area (Å²) in [5, 5.41) is 6.80. The highest BCUT2D eigenvalue weighted by Crippen LogP contribution is 2.25. The molecule has 1 amide bonds. The van der Waals surface area contributed by atoms with Crippen LogP contribution in [0.4, 0.5) is 5.69 Å². The normalized spacial score (nSPS) is 10.6. The number of methoxy groups -OCH3 is 1. The molecule has 0 spiro atoms. The molecule has 7 nitrogen and oxygen atoms in total. The fraction of sp³-hybridized carbons (Fsp3) is 0.0500. The van der Waals surface area contributed by atoms with Gasteiger partial charge < -0.3 is 19.0 Å². The molecule has 2 aromatic carbocycles. The summed E-state index contributed by atoms with van der Waals surface area (Å²) in [5.41, 5.74) is 2.11. The van der Waals surface area contributed by atoms with Gasteiger partial charge >= 0.3 is 0 Å². The summed E-state index contributed by atoms with van der Waals surface area (Å²) in [4.78, 5) is 16.5. The Bertz CT molecular complexity index is 1050. The van der Waals surface area contributed by atoms with Gasteiger partial charge in [0.15, 0.2) is 5.76 Å². The number of rotatable bonds is 5. The molecule has 0 aliphatic heterocycles. The van der Waals surface area contributed by atoms with Gasteiger partial charge in [-0.3, -0.25) is 4.79 Å². The lowest BCUT2D eigenvalue weighted by atomic mass is 10.2. The highest BCUT2D eigenvalue weighted by atomic mass is 16.5. The maximum atomic E-state index is 12.1. The Kier molecular flexibility index (Phi) is 4.40. The molecule has 2 aromatic heterocycles. The lowest BCUT2D eigenvalue weighted by molar-refractivity contribution is 0.0996. The van der Waals surface area contributed by atoms with Crippen LogP contribution >= 0.6 is 0 Å². The fourth-order valence-electron chi connectivity index (χ4n) is 2.53. The van der Waals surface area contributed by atoms with Crippen LogP contribution < -0.4 is 10.1 Å².